The molecule has 68 valence electrons. The normalized spacial score (nSPS) is 13.0. The number of aromatic amines is 1. The van der Waals surface area contributed by atoms with Crippen molar-refractivity contribution in [3.05, 3.63) is 30.4 Å². The minimum atomic E-state index is -1.22. The lowest BCUT2D eigenvalue weighted by molar-refractivity contribution is 0.429. The van der Waals surface area contributed by atoms with Crippen LogP contribution in [0.3, 0.4) is 0 Å². The van der Waals surface area contributed by atoms with E-state index in [4.69, 9.17) is 4.42 Å². The quantitative estimate of drug-likeness (QED) is 0.735. The lowest BCUT2D eigenvalue weighted by Crippen LogP contribution is -2.04. The van der Waals surface area contributed by atoms with Crippen LogP contribution in [0.25, 0.3) is 0 Å². The Morgan fingerprint density at radius 1 is 1.62 bits per heavy atom. The minimum Gasteiger partial charge on any atom is -0.607 e. The standard InChI is InChI=1S/C7H7N3O2S/c11-13(7-8-1-2-12-7)5-6-3-9-10-4-6/h1-4H,5H2,(H,9,10). The van der Waals surface area contributed by atoms with Gasteiger partial charge in [0.05, 0.1) is 23.6 Å². The van der Waals surface area contributed by atoms with E-state index < -0.39 is 11.2 Å². The summed E-state index contributed by atoms with van der Waals surface area (Å²) in [4.78, 5) is 3.80. The predicted octanol–water partition coefficient (Wildman–Crippen LogP) is 0.706. The Labute approximate surface area is 77.4 Å². The van der Waals surface area contributed by atoms with E-state index in [0.29, 0.717) is 5.75 Å². The van der Waals surface area contributed by atoms with Gasteiger partial charge in [-0.25, -0.2) is 0 Å². The van der Waals surface area contributed by atoms with E-state index in [-0.39, 0.29) is 5.22 Å². The van der Waals surface area contributed by atoms with Crippen LogP contribution in [0.15, 0.2) is 34.5 Å². The molecular formula is C7H7N3O2S. The van der Waals surface area contributed by atoms with Gasteiger partial charge < -0.3 is 8.97 Å². The van der Waals surface area contributed by atoms with Gasteiger partial charge in [0, 0.05) is 11.8 Å². The van der Waals surface area contributed by atoms with E-state index in [1.54, 1.807) is 12.4 Å². The van der Waals surface area contributed by atoms with Crippen LogP contribution in [-0.4, -0.2) is 19.7 Å². The molecule has 0 radical (unpaired) electrons. The second-order valence-corrected chi connectivity index (χ2v) is 3.72. The average Bonchev–Trinajstić information content (AvgIpc) is 2.74. The second-order valence-electron chi connectivity index (χ2n) is 2.39. The number of aromatic nitrogens is 3. The summed E-state index contributed by atoms with van der Waals surface area (Å²) >= 11 is -1.22. The number of nitrogens with zero attached hydrogens (tertiary/aromatic N) is 2. The van der Waals surface area contributed by atoms with Crippen molar-refractivity contribution in [2.24, 2.45) is 0 Å². The topological polar surface area (TPSA) is 77.8 Å². The molecule has 0 aliphatic heterocycles. The van der Waals surface area contributed by atoms with E-state index in [0.717, 1.165) is 5.56 Å². The first-order valence-corrected chi connectivity index (χ1v) is 4.93. The van der Waals surface area contributed by atoms with Crippen molar-refractivity contribution in [1.82, 2.24) is 15.2 Å². The SMILES string of the molecule is [O-][S+](Cc1cn[nH]c1)c1ncco1. The first-order chi connectivity index (χ1) is 6.36. The number of hydrogen-bond acceptors (Lipinski definition) is 4. The molecule has 0 spiro atoms. The molecule has 0 amide bonds. The Bertz CT molecular complexity index is 346. The molecule has 2 aromatic rings. The molecule has 6 heteroatoms. The van der Waals surface area contributed by atoms with Gasteiger partial charge in [-0.1, -0.05) is 0 Å². The zero-order chi connectivity index (χ0) is 9.10. The highest BCUT2D eigenvalue weighted by molar-refractivity contribution is 7.90. The van der Waals surface area contributed by atoms with E-state index in [1.165, 1.54) is 12.5 Å². The van der Waals surface area contributed by atoms with E-state index >= 15 is 0 Å². The number of hydrogen-bond donors (Lipinski definition) is 1. The molecule has 13 heavy (non-hydrogen) atoms. The highest BCUT2D eigenvalue weighted by atomic mass is 32.2. The molecule has 2 heterocycles. The molecule has 1 unspecified atom stereocenters. The summed E-state index contributed by atoms with van der Waals surface area (Å²) in [7, 11) is 0. The van der Waals surface area contributed by atoms with Crippen molar-refractivity contribution in [1.29, 1.82) is 0 Å². The molecule has 0 aliphatic rings. The Balaban J connectivity index is 2.04. The van der Waals surface area contributed by atoms with E-state index in [1.807, 2.05) is 0 Å². The summed E-state index contributed by atoms with van der Waals surface area (Å²) in [6.07, 6.45) is 6.20. The molecule has 0 bridgehead atoms. The van der Waals surface area contributed by atoms with Gasteiger partial charge >= 0.3 is 5.22 Å². The van der Waals surface area contributed by atoms with Crippen molar-refractivity contribution in [2.45, 2.75) is 11.0 Å². The van der Waals surface area contributed by atoms with Gasteiger partial charge in [0.15, 0.2) is 0 Å². The summed E-state index contributed by atoms with van der Waals surface area (Å²) in [5.74, 6) is 0.372. The third-order valence-corrected chi connectivity index (χ3v) is 2.64. The summed E-state index contributed by atoms with van der Waals surface area (Å²) in [6.45, 7) is 0. The summed E-state index contributed by atoms with van der Waals surface area (Å²) in [5, 5.41) is 6.64. The van der Waals surface area contributed by atoms with Crippen molar-refractivity contribution in [3.63, 3.8) is 0 Å². The van der Waals surface area contributed by atoms with Gasteiger partial charge in [0.25, 0.3) is 0 Å². The Morgan fingerprint density at radius 3 is 3.15 bits per heavy atom. The summed E-state index contributed by atoms with van der Waals surface area (Å²) in [5.41, 5.74) is 0.872. The number of nitrogens with one attached hydrogen (secondary N) is 1. The second kappa shape index (κ2) is 3.63. The van der Waals surface area contributed by atoms with Gasteiger partial charge in [-0.2, -0.15) is 10.1 Å². The molecular weight excluding hydrogens is 190 g/mol. The first-order valence-electron chi connectivity index (χ1n) is 3.62. The Hall–Kier alpha value is -1.27. The zero-order valence-corrected chi connectivity index (χ0v) is 7.45. The fourth-order valence-electron chi connectivity index (χ4n) is 0.892. The number of rotatable bonds is 3. The van der Waals surface area contributed by atoms with Crippen LogP contribution in [0.4, 0.5) is 0 Å². The zero-order valence-electron chi connectivity index (χ0n) is 6.64. The minimum absolute atomic E-state index is 0.251. The van der Waals surface area contributed by atoms with Gasteiger partial charge in [0.1, 0.15) is 12.0 Å². The molecule has 2 rings (SSSR count). The van der Waals surface area contributed by atoms with Gasteiger partial charge in [0.2, 0.25) is 0 Å². The van der Waals surface area contributed by atoms with Crippen LogP contribution in [0.5, 0.6) is 0 Å². The molecule has 0 fully saturated rings. The fraction of sp³-hybridized carbons (Fsp3) is 0.143. The average molecular weight is 197 g/mol. The molecule has 2 aromatic heterocycles. The Kier molecular flexibility index (Phi) is 2.33. The van der Waals surface area contributed by atoms with Crippen LogP contribution in [0.1, 0.15) is 5.56 Å². The first kappa shape index (κ1) is 8.33. The van der Waals surface area contributed by atoms with Crippen molar-refractivity contribution < 1.29 is 8.97 Å². The van der Waals surface area contributed by atoms with Gasteiger partial charge in [-0.3, -0.25) is 5.10 Å². The lowest BCUT2D eigenvalue weighted by atomic mass is 10.4. The molecule has 0 saturated carbocycles. The van der Waals surface area contributed by atoms with Crippen LogP contribution in [-0.2, 0) is 16.9 Å². The highest BCUT2D eigenvalue weighted by Crippen LogP contribution is 2.12. The predicted molar refractivity (Wildman–Crippen MR) is 45.2 cm³/mol. The van der Waals surface area contributed by atoms with Crippen molar-refractivity contribution in [2.75, 3.05) is 0 Å². The maximum atomic E-state index is 11.5. The van der Waals surface area contributed by atoms with Gasteiger partial charge in [-0.05, 0) is 0 Å². The van der Waals surface area contributed by atoms with Crippen LogP contribution < -0.4 is 0 Å². The highest BCUT2D eigenvalue weighted by Gasteiger charge is 2.17. The largest absolute Gasteiger partial charge is 0.607 e. The summed E-state index contributed by atoms with van der Waals surface area (Å²) < 4.78 is 16.4. The maximum Gasteiger partial charge on any atom is 0.415 e. The summed E-state index contributed by atoms with van der Waals surface area (Å²) in [6, 6.07) is 0. The van der Waals surface area contributed by atoms with Crippen LogP contribution in [0, 0.1) is 0 Å². The molecule has 0 aliphatic carbocycles. The third-order valence-electron chi connectivity index (χ3n) is 1.46. The van der Waals surface area contributed by atoms with Crippen LogP contribution >= 0.6 is 0 Å². The number of H-pyrrole nitrogens is 1. The van der Waals surface area contributed by atoms with Crippen LogP contribution in [0.2, 0.25) is 0 Å². The molecule has 1 N–H and O–H groups in total. The van der Waals surface area contributed by atoms with Crippen molar-refractivity contribution >= 4 is 11.2 Å². The molecule has 0 aromatic carbocycles. The van der Waals surface area contributed by atoms with Gasteiger partial charge in [-0.15, -0.1) is 0 Å². The fourth-order valence-corrected chi connectivity index (χ4v) is 1.82. The third kappa shape index (κ3) is 1.90. The lowest BCUT2D eigenvalue weighted by Gasteiger charge is -2.02. The van der Waals surface area contributed by atoms with Crippen molar-refractivity contribution in [3.8, 4) is 0 Å². The molecule has 1 atom stereocenters. The number of oxazole rings is 1. The molecule has 0 saturated heterocycles. The monoisotopic (exact) mass is 197 g/mol. The van der Waals surface area contributed by atoms with E-state index in [2.05, 4.69) is 15.2 Å². The smallest absolute Gasteiger partial charge is 0.415 e. The van der Waals surface area contributed by atoms with E-state index in [9.17, 15) is 4.55 Å². The Morgan fingerprint density at radius 2 is 2.54 bits per heavy atom. The molecule has 5 nitrogen and oxygen atoms in total. The maximum absolute atomic E-state index is 11.5.